The number of hydrogen-bond donors (Lipinski definition) is 0. The summed E-state index contributed by atoms with van der Waals surface area (Å²) in [6, 6.07) is 2.10. The first-order chi connectivity index (χ1) is 8.06. The van der Waals surface area contributed by atoms with Crippen LogP contribution in [0.5, 0.6) is 0 Å². The van der Waals surface area contributed by atoms with E-state index >= 15 is 0 Å². The Morgan fingerprint density at radius 2 is 2.29 bits per heavy atom. The lowest BCUT2D eigenvalue weighted by molar-refractivity contribution is 0.602. The van der Waals surface area contributed by atoms with E-state index in [2.05, 4.69) is 24.9 Å². The van der Waals surface area contributed by atoms with E-state index in [9.17, 15) is 4.79 Å². The summed E-state index contributed by atoms with van der Waals surface area (Å²) in [5.74, 6) is 0.847. The van der Waals surface area contributed by atoms with Crippen molar-refractivity contribution in [2.24, 2.45) is 13.0 Å². The monoisotopic (exact) mass is 234 g/mol. The van der Waals surface area contributed by atoms with E-state index in [0.717, 1.165) is 6.54 Å². The van der Waals surface area contributed by atoms with Crippen molar-refractivity contribution in [1.29, 1.82) is 5.26 Å². The first-order valence-corrected chi connectivity index (χ1v) is 5.69. The molecule has 0 aliphatic carbocycles. The maximum absolute atomic E-state index is 11.9. The Kier molecular flexibility index (Phi) is 4.70. The molecule has 0 aromatic carbocycles. The van der Waals surface area contributed by atoms with Crippen molar-refractivity contribution in [3.8, 4) is 6.07 Å². The molecule has 1 heterocycles. The van der Waals surface area contributed by atoms with Crippen LogP contribution in [0.2, 0.25) is 0 Å². The van der Waals surface area contributed by atoms with Crippen molar-refractivity contribution in [2.75, 3.05) is 18.0 Å². The van der Waals surface area contributed by atoms with Crippen LogP contribution in [-0.2, 0) is 7.05 Å². The van der Waals surface area contributed by atoms with E-state index < -0.39 is 0 Å². The second kappa shape index (κ2) is 6.04. The van der Waals surface area contributed by atoms with Gasteiger partial charge >= 0.3 is 0 Å². The Hall–Kier alpha value is -1.83. The highest BCUT2D eigenvalue weighted by atomic mass is 16.1. The summed E-state index contributed by atoms with van der Waals surface area (Å²) in [4.78, 5) is 17.9. The first kappa shape index (κ1) is 13.2. The van der Waals surface area contributed by atoms with Gasteiger partial charge in [0.05, 0.1) is 12.5 Å². The second-order valence-corrected chi connectivity index (χ2v) is 4.41. The van der Waals surface area contributed by atoms with Gasteiger partial charge in [0.2, 0.25) is 0 Å². The minimum atomic E-state index is -0.119. The van der Waals surface area contributed by atoms with E-state index in [1.54, 1.807) is 19.4 Å². The van der Waals surface area contributed by atoms with E-state index in [4.69, 9.17) is 5.26 Å². The maximum Gasteiger partial charge on any atom is 0.293 e. The lowest BCUT2D eigenvalue weighted by atomic mass is 10.2. The van der Waals surface area contributed by atoms with Crippen LogP contribution in [0, 0.1) is 17.2 Å². The number of nitrogens with zero attached hydrogens (tertiary/aromatic N) is 4. The topological polar surface area (TPSA) is 61.9 Å². The van der Waals surface area contributed by atoms with Gasteiger partial charge in [0.25, 0.3) is 5.56 Å². The van der Waals surface area contributed by atoms with Crippen LogP contribution in [0.3, 0.4) is 0 Å². The van der Waals surface area contributed by atoms with Crippen LogP contribution < -0.4 is 10.5 Å². The van der Waals surface area contributed by atoms with Gasteiger partial charge in [-0.15, -0.1) is 0 Å². The third-order valence-electron chi connectivity index (χ3n) is 2.38. The fraction of sp³-hybridized carbons (Fsp3) is 0.583. The number of aryl methyl sites for hydroxylation is 1. The van der Waals surface area contributed by atoms with E-state index in [1.807, 2.05) is 4.90 Å². The molecule has 0 aliphatic heterocycles. The fourth-order valence-electron chi connectivity index (χ4n) is 1.61. The van der Waals surface area contributed by atoms with E-state index in [0.29, 0.717) is 24.7 Å². The highest BCUT2D eigenvalue weighted by Crippen LogP contribution is 2.07. The molecule has 92 valence electrons. The summed E-state index contributed by atoms with van der Waals surface area (Å²) >= 11 is 0. The highest BCUT2D eigenvalue weighted by molar-refractivity contribution is 5.35. The van der Waals surface area contributed by atoms with Crippen LogP contribution in [0.4, 0.5) is 5.82 Å². The van der Waals surface area contributed by atoms with Crippen molar-refractivity contribution in [2.45, 2.75) is 20.3 Å². The van der Waals surface area contributed by atoms with Crippen molar-refractivity contribution < 1.29 is 0 Å². The zero-order valence-electron chi connectivity index (χ0n) is 10.6. The number of aromatic nitrogens is 2. The largest absolute Gasteiger partial charge is 0.351 e. The summed E-state index contributed by atoms with van der Waals surface area (Å²) in [5, 5.41) is 8.64. The molecule has 0 atom stereocenters. The molecule has 5 nitrogen and oxygen atoms in total. The van der Waals surface area contributed by atoms with Crippen molar-refractivity contribution in [1.82, 2.24) is 9.55 Å². The predicted molar refractivity (Wildman–Crippen MR) is 66.8 cm³/mol. The average Bonchev–Trinajstić information content (AvgIpc) is 2.28. The minimum absolute atomic E-state index is 0.119. The van der Waals surface area contributed by atoms with Gasteiger partial charge in [-0.25, -0.2) is 4.98 Å². The molecule has 0 radical (unpaired) electrons. The van der Waals surface area contributed by atoms with Crippen LogP contribution >= 0.6 is 0 Å². The highest BCUT2D eigenvalue weighted by Gasteiger charge is 2.13. The van der Waals surface area contributed by atoms with Gasteiger partial charge in [0, 0.05) is 32.5 Å². The molecule has 1 aromatic heterocycles. The van der Waals surface area contributed by atoms with Gasteiger partial charge < -0.3 is 9.47 Å². The normalized spacial score (nSPS) is 10.3. The van der Waals surface area contributed by atoms with Gasteiger partial charge in [0.1, 0.15) is 0 Å². The molecule has 0 aliphatic rings. The average molecular weight is 234 g/mol. The Morgan fingerprint density at radius 3 is 2.88 bits per heavy atom. The Bertz CT molecular complexity index is 458. The molecule has 0 saturated heterocycles. The van der Waals surface area contributed by atoms with Crippen molar-refractivity contribution >= 4 is 5.82 Å². The molecule has 0 saturated carbocycles. The molecule has 1 aromatic rings. The Morgan fingerprint density at radius 1 is 1.59 bits per heavy atom. The number of nitriles is 1. The molecule has 0 N–H and O–H groups in total. The summed E-state index contributed by atoms with van der Waals surface area (Å²) in [6.07, 6.45) is 3.63. The quantitative estimate of drug-likeness (QED) is 0.767. The van der Waals surface area contributed by atoms with Crippen LogP contribution in [0.15, 0.2) is 17.2 Å². The van der Waals surface area contributed by atoms with Gasteiger partial charge in [-0.3, -0.25) is 4.79 Å². The molecule has 0 bridgehead atoms. The number of rotatable bonds is 5. The first-order valence-electron chi connectivity index (χ1n) is 5.69. The van der Waals surface area contributed by atoms with Gasteiger partial charge in [-0.1, -0.05) is 13.8 Å². The molecule has 0 amide bonds. The molecular weight excluding hydrogens is 216 g/mol. The Balaban J connectivity index is 3.00. The van der Waals surface area contributed by atoms with Gasteiger partial charge in [-0.2, -0.15) is 5.26 Å². The van der Waals surface area contributed by atoms with Crippen LogP contribution in [-0.4, -0.2) is 22.6 Å². The Labute approximate surface area is 101 Å². The lowest BCUT2D eigenvalue weighted by Gasteiger charge is -2.23. The molecule has 0 spiro atoms. The number of hydrogen-bond acceptors (Lipinski definition) is 4. The van der Waals surface area contributed by atoms with E-state index in [1.165, 1.54) is 4.57 Å². The fourth-order valence-corrected chi connectivity index (χ4v) is 1.61. The lowest BCUT2D eigenvalue weighted by Crippen LogP contribution is -2.35. The SMILES string of the molecule is CC(C)CN(CCC#N)c1nccn(C)c1=O. The summed E-state index contributed by atoms with van der Waals surface area (Å²) < 4.78 is 1.50. The van der Waals surface area contributed by atoms with Gasteiger partial charge in [-0.05, 0) is 5.92 Å². The molecule has 17 heavy (non-hydrogen) atoms. The third-order valence-corrected chi connectivity index (χ3v) is 2.38. The summed E-state index contributed by atoms with van der Waals surface area (Å²) in [5.41, 5.74) is -0.119. The van der Waals surface area contributed by atoms with Crippen LogP contribution in [0.25, 0.3) is 0 Å². The molecular formula is C12H18N4O. The smallest absolute Gasteiger partial charge is 0.293 e. The van der Waals surface area contributed by atoms with Gasteiger partial charge in [0.15, 0.2) is 5.82 Å². The molecule has 0 unspecified atom stereocenters. The van der Waals surface area contributed by atoms with Crippen molar-refractivity contribution in [3.63, 3.8) is 0 Å². The third kappa shape index (κ3) is 3.59. The summed E-state index contributed by atoms with van der Waals surface area (Å²) in [7, 11) is 1.70. The minimum Gasteiger partial charge on any atom is -0.351 e. The van der Waals surface area contributed by atoms with E-state index in [-0.39, 0.29) is 5.56 Å². The zero-order chi connectivity index (χ0) is 12.8. The standard InChI is InChI=1S/C12H18N4O/c1-10(2)9-16(7-4-5-13)11-12(17)15(3)8-6-14-11/h6,8,10H,4,7,9H2,1-3H3. The molecule has 0 fully saturated rings. The number of anilines is 1. The zero-order valence-corrected chi connectivity index (χ0v) is 10.6. The maximum atomic E-state index is 11.9. The predicted octanol–water partition coefficient (Wildman–Crippen LogP) is 1.16. The summed E-state index contributed by atoms with van der Waals surface area (Å²) in [6.45, 7) is 5.43. The molecule has 1 rings (SSSR count). The van der Waals surface area contributed by atoms with Crippen LogP contribution in [0.1, 0.15) is 20.3 Å². The van der Waals surface area contributed by atoms with Crippen molar-refractivity contribution in [3.05, 3.63) is 22.7 Å². The second-order valence-electron chi connectivity index (χ2n) is 4.41. The molecule has 5 heteroatoms.